The number of phenolic OH excluding ortho intramolecular Hbond substituents is 1. The van der Waals surface area contributed by atoms with Gasteiger partial charge in [0.2, 0.25) is 0 Å². The van der Waals surface area contributed by atoms with Crippen molar-refractivity contribution in [3.05, 3.63) is 28.0 Å². The van der Waals surface area contributed by atoms with Crippen molar-refractivity contribution < 1.29 is 22.7 Å². The van der Waals surface area contributed by atoms with Crippen molar-refractivity contribution in [1.82, 2.24) is 10.2 Å². The van der Waals surface area contributed by atoms with E-state index in [1.165, 1.54) is 4.90 Å². The van der Waals surface area contributed by atoms with Gasteiger partial charge < -0.3 is 10.4 Å². The summed E-state index contributed by atoms with van der Waals surface area (Å²) < 4.78 is 53.6. The third-order valence-electron chi connectivity index (χ3n) is 3.18. The lowest BCUT2D eigenvalue weighted by Gasteiger charge is -2.36. The van der Waals surface area contributed by atoms with Crippen LogP contribution in [0.3, 0.4) is 0 Å². The van der Waals surface area contributed by atoms with Crippen LogP contribution >= 0.6 is 15.9 Å². The smallest absolute Gasteiger partial charge is 0.408 e. The molecule has 2 rings (SSSR count). The number of hydrogen-bond donors (Lipinski definition) is 2. The predicted molar refractivity (Wildman–Crippen MR) is 69.0 cm³/mol. The maximum absolute atomic E-state index is 13.5. The normalized spacial score (nSPS) is 19.1. The van der Waals surface area contributed by atoms with Crippen molar-refractivity contribution >= 4 is 15.9 Å². The minimum absolute atomic E-state index is 0.159. The van der Waals surface area contributed by atoms with Gasteiger partial charge in [-0.2, -0.15) is 13.2 Å². The highest BCUT2D eigenvalue weighted by atomic mass is 79.9. The lowest BCUT2D eigenvalue weighted by Crippen LogP contribution is -2.49. The zero-order valence-electron chi connectivity index (χ0n) is 10.3. The lowest BCUT2D eigenvalue weighted by atomic mass is 10.0. The van der Waals surface area contributed by atoms with Gasteiger partial charge in [-0.3, -0.25) is 4.90 Å². The van der Waals surface area contributed by atoms with Gasteiger partial charge in [-0.15, -0.1) is 0 Å². The number of hydrogen-bond acceptors (Lipinski definition) is 3. The molecule has 1 saturated heterocycles. The van der Waals surface area contributed by atoms with Crippen molar-refractivity contribution in [2.45, 2.75) is 12.2 Å². The molecule has 0 aromatic heterocycles. The lowest BCUT2D eigenvalue weighted by molar-refractivity contribution is -0.188. The van der Waals surface area contributed by atoms with Gasteiger partial charge in [0.25, 0.3) is 0 Å². The summed E-state index contributed by atoms with van der Waals surface area (Å²) >= 11 is 2.96. The number of halogens is 5. The van der Waals surface area contributed by atoms with Crippen molar-refractivity contribution in [1.29, 1.82) is 0 Å². The Morgan fingerprint density at radius 1 is 1.25 bits per heavy atom. The predicted octanol–water partition coefficient (Wildman–Crippen LogP) is 2.80. The largest absolute Gasteiger partial charge is 0.505 e. The summed E-state index contributed by atoms with van der Waals surface area (Å²) in [6.45, 7) is 1.20. The van der Waals surface area contributed by atoms with E-state index in [1.807, 2.05) is 0 Å². The molecule has 1 atom stereocenters. The summed E-state index contributed by atoms with van der Waals surface area (Å²) in [4.78, 5) is 1.19. The summed E-state index contributed by atoms with van der Waals surface area (Å²) in [5.74, 6) is -2.02. The van der Waals surface area contributed by atoms with Crippen LogP contribution in [0.5, 0.6) is 5.75 Å². The van der Waals surface area contributed by atoms with E-state index in [-0.39, 0.29) is 17.6 Å². The fraction of sp³-hybridized carbons (Fsp3) is 0.500. The Balaban J connectivity index is 2.46. The molecule has 1 aliphatic heterocycles. The average Bonchev–Trinajstić information content (AvgIpc) is 2.35. The average molecular weight is 357 g/mol. The Morgan fingerprint density at radius 3 is 2.40 bits per heavy atom. The van der Waals surface area contributed by atoms with Crippen LogP contribution in [0.1, 0.15) is 11.6 Å². The third kappa shape index (κ3) is 3.24. The number of rotatable bonds is 2. The van der Waals surface area contributed by atoms with E-state index in [0.29, 0.717) is 13.1 Å². The van der Waals surface area contributed by atoms with Crippen molar-refractivity contribution in [2.75, 3.05) is 26.2 Å². The summed E-state index contributed by atoms with van der Waals surface area (Å²) in [6.07, 6.45) is -4.60. The number of aromatic hydroxyl groups is 1. The van der Waals surface area contributed by atoms with Crippen LogP contribution in [-0.2, 0) is 0 Å². The third-order valence-corrected chi connectivity index (χ3v) is 3.64. The highest BCUT2D eigenvalue weighted by Crippen LogP contribution is 2.43. The monoisotopic (exact) mass is 356 g/mol. The molecule has 1 aromatic rings. The first kappa shape index (κ1) is 15.5. The molecule has 0 spiro atoms. The molecule has 1 fully saturated rings. The van der Waals surface area contributed by atoms with Crippen LogP contribution in [0.25, 0.3) is 0 Å². The van der Waals surface area contributed by atoms with Gasteiger partial charge in [0.05, 0.1) is 0 Å². The molecule has 0 aliphatic carbocycles. The van der Waals surface area contributed by atoms with Crippen LogP contribution in [0.15, 0.2) is 16.6 Å². The van der Waals surface area contributed by atoms with Gasteiger partial charge in [0.15, 0.2) is 11.6 Å². The number of alkyl halides is 3. The quantitative estimate of drug-likeness (QED) is 0.800. The number of piperazine rings is 1. The summed E-state index contributed by atoms with van der Waals surface area (Å²) in [7, 11) is 0. The maximum atomic E-state index is 13.5. The molecular weight excluding hydrogens is 344 g/mol. The first-order valence-corrected chi connectivity index (χ1v) is 6.79. The first-order chi connectivity index (χ1) is 9.30. The number of nitrogens with zero attached hydrogens (tertiary/aromatic N) is 1. The van der Waals surface area contributed by atoms with Gasteiger partial charge in [-0.1, -0.05) is 15.9 Å². The first-order valence-electron chi connectivity index (χ1n) is 6.00. The SMILES string of the molecule is Oc1c(F)cc(Br)cc1[C@@H](N1CCNCC1)C(F)(F)F. The number of phenols is 1. The fourth-order valence-corrected chi connectivity index (χ4v) is 2.76. The minimum Gasteiger partial charge on any atom is -0.505 e. The summed E-state index contributed by atoms with van der Waals surface area (Å²) in [5, 5.41) is 12.6. The fourth-order valence-electron chi connectivity index (χ4n) is 2.31. The standard InChI is InChI=1S/C12H13BrF4N2O/c13-7-5-8(10(20)9(14)6-7)11(12(15,16)17)19-3-1-18-2-4-19/h5-6,11,18,20H,1-4H2/t11-/m1/s1. The van der Waals surface area contributed by atoms with Crippen LogP contribution < -0.4 is 5.32 Å². The molecule has 8 heteroatoms. The van der Waals surface area contributed by atoms with Gasteiger partial charge in [-0.25, -0.2) is 4.39 Å². The van der Waals surface area contributed by atoms with Crippen molar-refractivity contribution in [3.63, 3.8) is 0 Å². The van der Waals surface area contributed by atoms with Gasteiger partial charge in [0, 0.05) is 36.2 Å². The zero-order chi connectivity index (χ0) is 14.9. The molecule has 0 unspecified atom stereocenters. The topological polar surface area (TPSA) is 35.5 Å². The van der Waals surface area contributed by atoms with Crippen LogP contribution in [0.2, 0.25) is 0 Å². The summed E-state index contributed by atoms with van der Waals surface area (Å²) in [6, 6.07) is 0.0272. The Bertz CT molecular complexity index is 489. The van der Waals surface area contributed by atoms with Gasteiger partial charge in [-0.05, 0) is 12.1 Å². The molecule has 20 heavy (non-hydrogen) atoms. The Morgan fingerprint density at radius 2 is 1.85 bits per heavy atom. The molecule has 3 nitrogen and oxygen atoms in total. The van der Waals surface area contributed by atoms with E-state index in [9.17, 15) is 22.7 Å². The van der Waals surface area contributed by atoms with Crippen LogP contribution in [-0.4, -0.2) is 42.4 Å². The van der Waals surface area contributed by atoms with Crippen molar-refractivity contribution in [2.24, 2.45) is 0 Å². The number of benzene rings is 1. The maximum Gasteiger partial charge on any atom is 0.408 e. The summed E-state index contributed by atoms with van der Waals surface area (Å²) in [5.41, 5.74) is -0.466. The second kappa shape index (κ2) is 5.87. The molecule has 1 heterocycles. The van der Waals surface area contributed by atoms with Crippen LogP contribution in [0.4, 0.5) is 17.6 Å². The molecule has 2 N–H and O–H groups in total. The second-order valence-corrected chi connectivity index (χ2v) is 5.47. The molecule has 0 saturated carbocycles. The highest BCUT2D eigenvalue weighted by molar-refractivity contribution is 9.10. The highest BCUT2D eigenvalue weighted by Gasteiger charge is 2.46. The van der Waals surface area contributed by atoms with Gasteiger partial charge in [0.1, 0.15) is 6.04 Å². The Kier molecular flexibility index (Phi) is 4.55. The molecule has 1 aliphatic rings. The van der Waals surface area contributed by atoms with E-state index < -0.39 is 29.3 Å². The molecule has 1 aromatic carbocycles. The second-order valence-electron chi connectivity index (χ2n) is 4.56. The molecule has 0 bridgehead atoms. The van der Waals surface area contributed by atoms with E-state index in [1.54, 1.807) is 0 Å². The van der Waals surface area contributed by atoms with Crippen molar-refractivity contribution in [3.8, 4) is 5.75 Å². The van der Waals surface area contributed by atoms with Crippen LogP contribution in [0, 0.1) is 5.82 Å². The Hall–Kier alpha value is -0.860. The molecule has 0 amide bonds. The van der Waals surface area contributed by atoms with E-state index >= 15 is 0 Å². The van der Waals surface area contributed by atoms with E-state index in [0.717, 1.165) is 12.1 Å². The van der Waals surface area contributed by atoms with E-state index in [2.05, 4.69) is 21.2 Å². The minimum atomic E-state index is -4.60. The molecule has 112 valence electrons. The number of nitrogens with one attached hydrogen (secondary N) is 1. The molecule has 0 radical (unpaired) electrons. The van der Waals surface area contributed by atoms with E-state index in [4.69, 9.17) is 0 Å². The molecular formula is C12H13BrF4N2O. The zero-order valence-corrected chi connectivity index (χ0v) is 11.9. The van der Waals surface area contributed by atoms with Gasteiger partial charge >= 0.3 is 6.18 Å². The Labute approximate surface area is 121 Å².